The average molecular weight is 516 g/mol. The third kappa shape index (κ3) is 8.16. The van der Waals surface area contributed by atoms with Crippen LogP contribution >= 0.6 is 0 Å². The molecule has 2 aromatic carbocycles. The first-order valence-electron chi connectivity index (χ1n) is 14.6. The van der Waals surface area contributed by atoms with Crippen LogP contribution in [0.2, 0.25) is 0 Å². The second-order valence-corrected chi connectivity index (χ2v) is 12.0. The minimum Gasteiger partial charge on any atom is -0.480 e. The lowest BCUT2D eigenvalue weighted by Gasteiger charge is -2.35. The zero-order valence-corrected chi connectivity index (χ0v) is 23.3. The molecule has 1 unspecified atom stereocenters. The number of benzene rings is 2. The predicted octanol–water partition coefficient (Wildman–Crippen LogP) is 6.88. The summed E-state index contributed by atoms with van der Waals surface area (Å²) in [5.74, 6) is 1.62. The van der Waals surface area contributed by atoms with Gasteiger partial charge in [-0.3, -0.25) is 9.69 Å². The van der Waals surface area contributed by atoms with Crippen LogP contribution in [0, 0.1) is 24.3 Å². The number of hydrogen-bond donors (Lipinski definition) is 1. The molecule has 2 aromatic rings. The van der Waals surface area contributed by atoms with E-state index in [4.69, 9.17) is 6.57 Å². The fraction of sp³-hybridized carbons (Fsp3) is 0.576. The number of piperidine rings is 1. The molecule has 5 heteroatoms. The molecular weight excluding hydrogens is 470 g/mol. The highest BCUT2D eigenvalue weighted by Crippen LogP contribution is 2.43. The first-order valence-corrected chi connectivity index (χ1v) is 14.6. The zero-order valence-electron chi connectivity index (χ0n) is 23.3. The van der Waals surface area contributed by atoms with E-state index >= 15 is 0 Å². The normalized spacial score (nSPS) is 22.7. The van der Waals surface area contributed by atoms with Crippen LogP contribution in [0.5, 0.6) is 0 Å². The maximum Gasteiger partial charge on any atom is 0.317 e. The molecule has 204 valence electrons. The van der Waals surface area contributed by atoms with E-state index in [2.05, 4.69) is 71.0 Å². The van der Waals surface area contributed by atoms with Gasteiger partial charge in [0.1, 0.15) is 0 Å². The molecule has 1 saturated heterocycles. The molecule has 1 aliphatic heterocycles. The summed E-state index contributed by atoms with van der Waals surface area (Å²) in [5.41, 5.74) is 3.48. The number of aliphatic carboxylic acids is 1. The Kier molecular flexibility index (Phi) is 10.4. The lowest BCUT2D eigenvalue weighted by Crippen LogP contribution is -2.41. The summed E-state index contributed by atoms with van der Waals surface area (Å²) in [7, 11) is 0. The van der Waals surface area contributed by atoms with Crippen LogP contribution in [0.25, 0.3) is 4.85 Å². The molecule has 0 spiro atoms. The first-order chi connectivity index (χ1) is 18.4. The van der Waals surface area contributed by atoms with Gasteiger partial charge in [-0.2, -0.15) is 0 Å². The molecule has 1 N–H and O–H groups in total. The van der Waals surface area contributed by atoms with E-state index in [1.54, 1.807) is 0 Å². The Bertz CT molecular complexity index is 1040. The fourth-order valence-corrected chi connectivity index (χ4v) is 6.81. The van der Waals surface area contributed by atoms with Gasteiger partial charge >= 0.3 is 5.97 Å². The lowest BCUT2D eigenvalue weighted by atomic mass is 9.87. The van der Waals surface area contributed by atoms with E-state index in [-0.39, 0.29) is 6.54 Å². The number of carboxylic acids is 1. The van der Waals surface area contributed by atoms with Crippen LogP contribution in [0.1, 0.15) is 69.4 Å². The van der Waals surface area contributed by atoms with E-state index < -0.39 is 5.97 Å². The average Bonchev–Trinajstić information content (AvgIpc) is 3.33. The summed E-state index contributed by atoms with van der Waals surface area (Å²) in [6, 6.07) is 19.3. The third-order valence-electron chi connectivity index (χ3n) is 8.70. The quantitative estimate of drug-likeness (QED) is 0.313. The van der Waals surface area contributed by atoms with Gasteiger partial charge in [0.05, 0.1) is 13.1 Å². The zero-order chi connectivity index (χ0) is 26.9. The Morgan fingerprint density at radius 3 is 2.42 bits per heavy atom. The Hall–Kier alpha value is -2.68. The van der Waals surface area contributed by atoms with Crippen molar-refractivity contribution in [1.82, 2.24) is 9.80 Å². The van der Waals surface area contributed by atoms with Gasteiger partial charge in [-0.15, -0.1) is 0 Å². The summed E-state index contributed by atoms with van der Waals surface area (Å²) in [4.78, 5) is 20.1. The van der Waals surface area contributed by atoms with Gasteiger partial charge in [0.15, 0.2) is 5.69 Å². The Morgan fingerprint density at radius 2 is 1.79 bits per heavy atom. The van der Waals surface area contributed by atoms with Crippen molar-refractivity contribution in [3.63, 3.8) is 0 Å². The number of likely N-dealkylation sites (tertiary alicyclic amines) is 1. The predicted molar refractivity (Wildman–Crippen MR) is 155 cm³/mol. The molecule has 4 rings (SSSR count). The molecule has 0 radical (unpaired) electrons. The number of nitrogens with zero attached hydrogens (tertiary/aromatic N) is 3. The van der Waals surface area contributed by atoms with Crippen molar-refractivity contribution in [3.05, 3.63) is 77.1 Å². The minimum atomic E-state index is -0.715. The third-order valence-corrected chi connectivity index (χ3v) is 8.70. The molecule has 0 bridgehead atoms. The number of hydrogen-bond acceptors (Lipinski definition) is 3. The van der Waals surface area contributed by atoms with Crippen LogP contribution in [0.15, 0.2) is 54.6 Å². The molecule has 1 heterocycles. The van der Waals surface area contributed by atoms with Crippen molar-refractivity contribution < 1.29 is 9.90 Å². The van der Waals surface area contributed by atoms with Crippen molar-refractivity contribution in [2.45, 2.75) is 70.8 Å². The van der Waals surface area contributed by atoms with Crippen LogP contribution in [0.3, 0.4) is 0 Å². The summed E-state index contributed by atoms with van der Waals surface area (Å²) in [6.45, 7) is 15.9. The van der Waals surface area contributed by atoms with E-state index in [1.807, 2.05) is 12.1 Å². The number of carboxylic acid groups (broad SMARTS) is 1. The van der Waals surface area contributed by atoms with Gasteiger partial charge in [0, 0.05) is 19.1 Å². The van der Waals surface area contributed by atoms with Crippen LogP contribution in [-0.2, 0) is 11.2 Å². The molecule has 3 atom stereocenters. The molecule has 0 amide bonds. The summed E-state index contributed by atoms with van der Waals surface area (Å²) in [5, 5.41) is 9.58. The van der Waals surface area contributed by atoms with Crippen molar-refractivity contribution in [1.29, 1.82) is 0 Å². The lowest BCUT2D eigenvalue weighted by molar-refractivity contribution is -0.139. The summed E-state index contributed by atoms with van der Waals surface area (Å²) >= 11 is 0. The maximum atomic E-state index is 11.6. The number of aryl methyl sites for hydroxylation is 1. The van der Waals surface area contributed by atoms with E-state index in [9.17, 15) is 9.90 Å². The minimum absolute atomic E-state index is 0.145. The number of rotatable bonds is 12. The summed E-state index contributed by atoms with van der Waals surface area (Å²) < 4.78 is 0. The number of carbonyl (C=O) groups is 1. The maximum absolute atomic E-state index is 11.6. The molecule has 2 fully saturated rings. The van der Waals surface area contributed by atoms with Gasteiger partial charge in [-0.1, -0.05) is 80.4 Å². The Labute approximate surface area is 229 Å². The molecule has 1 saturated carbocycles. The van der Waals surface area contributed by atoms with Crippen LogP contribution < -0.4 is 0 Å². The topological polar surface area (TPSA) is 48.1 Å². The Balaban J connectivity index is 1.30. The highest BCUT2D eigenvalue weighted by atomic mass is 16.4. The molecule has 0 aromatic heterocycles. The van der Waals surface area contributed by atoms with Crippen LogP contribution in [-0.4, -0.2) is 59.6 Å². The van der Waals surface area contributed by atoms with Crippen molar-refractivity contribution in [3.8, 4) is 0 Å². The standard InChI is InChI=1S/C33H45N3O2/c1-25(2)22-36(24-33(37)38)31-20-29(32(21-31)28-10-5-4-6-11-28)23-35-18-16-27(17-19-35)9-7-8-26-12-14-30(34-3)15-13-26/h4-6,10-15,25,27,29,31-32H,7-9,16-24H2,1-2H3,(H,37,38)/t29-,31?,32-/m1/s1. The molecule has 1 aliphatic carbocycles. The second kappa shape index (κ2) is 13.9. The van der Waals surface area contributed by atoms with Gasteiger partial charge in [0.25, 0.3) is 0 Å². The van der Waals surface area contributed by atoms with Gasteiger partial charge in [0.2, 0.25) is 0 Å². The molecular formula is C33H45N3O2. The second-order valence-electron chi connectivity index (χ2n) is 12.0. The smallest absolute Gasteiger partial charge is 0.317 e. The van der Waals surface area contributed by atoms with Crippen LogP contribution in [0.4, 0.5) is 5.69 Å². The van der Waals surface area contributed by atoms with E-state index in [0.29, 0.717) is 23.8 Å². The monoisotopic (exact) mass is 515 g/mol. The van der Waals surface area contributed by atoms with Crippen molar-refractivity contribution >= 4 is 11.7 Å². The van der Waals surface area contributed by atoms with Crippen molar-refractivity contribution in [2.24, 2.45) is 17.8 Å². The van der Waals surface area contributed by atoms with E-state index in [1.165, 1.54) is 49.9 Å². The van der Waals surface area contributed by atoms with Gasteiger partial charge in [-0.05, 0) is 80.8 Å². The highest BCUT2D eigenvalue weighted by Gasteiger charge is 2.39. The van der Waals surface area contributed by atoms with Gasteiger partial charge in [-0.25, -0.2) is 4.85 Å². The first kappa shape index (κ1) is 28.3. The van der Waals surface area contributed by atoms with Crippen molar-refractivity contribution in [2.75, 3.05) is 32.7 Å². The molecule has 38 heavy (non-hydrogen) atoms. The SMILES string of the molecule is [C-]#[N+]c1ccc(CCCC2CCN(C[C@H]3CC(N(CC(=O)O)CC(C)C)C[C@@H]3c3ccccc3)CC2)cc1. The largest absolute Gasteiger partial charge is 0.480 e. The fourth-order valence-electron chi connectivity index (χ4n) is 6.81. The van der Waals surface area contributed by atoms with Gasteiger partial charge < -0.3 is 10.0 Å². The summed E-state index contributed by atoms with van der Waals surface area (Å²) in [6.07, 6.45) is 8.31. The molecule has 2 aliphatic rings. The Morgan fingerprint density at radius 1 is 1.08 bits per heavy atom. The van der Waals surface area contributed by atoms with E-state index in [0.717, 1.165) is 44.0 Å². The molecule has 5 nitrogen and oxygen atoms in total. The highest BCUT2D eigenvalue weighted by molar-refractivity contribution is 5.69.